The molecule has 0 saturated carbocycles. The van der Waals surface area contributed by atoms with Gasteiger partial charge >= 0.3 is 0 Å². The minimum atomic E-state index is 0.0749. The first-order chi connectivity index (χ1) is 9.09. The van der Waals surface area contributed by atoms with E-state index in [2.05, 4.69) is 36.6 Å². The number of carbonyl (C=O) groups is 1. The van der Waals surface area contributed by atoms with Gasteiger partial charge in [-0.05, 0) is 25.0 Å². The maximum Gasteiger partial charge on any atom is 0.234 e. The Labute approximate surface area is 120 Å². The first-order valence-electron chi connectivity index (χ1n) is 6.77. The summed E-state index contributed by atoms with van der Waals surface area (Å²) in [6.45, 7) is 7.48. The minimum absolute atomic E-state index is 0.0749. The molecule has 1 aromatic rings. The van der Waals surface area contributed by atoms with Crippen molar-refractivity contribution in [3.63, 3.8) is 0 Å². The maximum absolute atomic E-state index is 11.6. The highest BCUT2D eigenvalue weighted by Crippen LogP contribution is 2.15. The third kappa shape index (κ3) is 7.23. The van der Waals surface area contributed by atoms with Crippen LogP contribution in [0, 0.1) is 5.92 Å². The maximum atomic E-state index is 11.6. The molecule has 3 nitrogen and oxygen atoms in total. The van der Waals surface area contributed by atoms with E-state index in [-0.39, 0.29) is 11.9 Å². The second-order valence-electron chi connectivity index (χ2n) is 4.94. The summed E-state index contributed by atoms with van der Waals surface area (Å²) in [5, 5.41) is 6.15. The van der Waals surface area contributed by atoms with Gasteiger partial charge in [0, 0.05) is 23.2 Å². The van der Waals surface area contributed by atoms with Crippen LogP contribution in [0.4, 0.5) is 0 Å². The Morgan fingerprint density at radius 3 is 2.53 bits per heavy atom. The molecule has 0 fully saturated rings. The third-order valence-electron chi connectivity index (χ3n) is 2.96. The number of amides is 1. The van der Waals surface area contributed by atoms with Gasteiger partial charge in [0.25, 0.3) is 0 Å². The van der Waals surface area contributed by atoms with Crippen molar-refractivity contribution in [1.82, 2.24) is 10.6 Å². The molecule has 0 aliphatic heterocycles. The van der Waals surface area contributed by atoms with E-state index in [0.29, 0.717) is 12.5 Å². The van der Waals surface area contributed by atoms with Crippen LogP contribution in [-0.4, -0.2) is 30.8 Å². The molecule has 19 heavy (non-hydrogen) atoms. The number of carbonyl (C=O) groups excluding carboxylic acids is 1. The monoisotopic (exact) mass is 280 g/mol. The quantitative estimate of drug-likeness (QED) is 0.568. The lowest BCUT2D eigenvalue weighted by molar-refractivity contribution is -0.121. The van der Waals surface area contributed by atoms with Gasteiger partial charge in [0.1, 0.15) is 0 Å². The van der Waals surface area contributed by atoms with E-state index in [1.807, 2.05) is 25.1 Å². The van der Waals surface area contributed by atoms with E-state index in [1.54, 1.807) is 11.8 Å². The minimum Gasteiger partial charge on any atom is -0.352 e. The molecule has 1 aromatic carbocycles. The molecule has 1 atom stereocenters. The van der Waals surface area contributed by atoms with Gasteiger partial charge in [0.2, 0.25) is 5.91 Å². The normalized spacial score (nSPS) is 12.4. The summed E-state index contributed by atoms with van der Waals surface area (Å²) in [4.78, 5) is 12.9. The summed E-state index contributed by atoms with van der Waals surface area (Å²) >= 11 is 1.80. The molecule has 0 aliphatic carbocycles. The molecule has 0 saturated heterocycles. The summed E-state index contributed by atoms with van der Waals surface area (Å²) < 4.78 is 0. The first kappa shape index (κ1) is 16.1. The first-order valence-corrected chi connectivity index (χ1v) is 7.76. The van der Waals surface area contributed by atoms with E-state index in [9.17, 15) is 4.79 Å². The lowest BCUT2D eigenvalue weighted by atomic mass is 10.1. The van der Waals surface area contributed by atoms with Crippen molar-refractivity contribution in [2.24, 2.45) is 5.92 Å². The van der Waals surface area contributed by atoms with E-state index in [4.69, 9.17) is 0 Å². The molecule has 1 rings (SSSR count). The Balaban J connectivity index is 2.06. The lowest BCUT2D eigenvalue weighted by Crippen LogP contribution is -2.41. The Morgan fingerprint density at radius 2 is 1.89 bits per heavy atom. The van der Waals surface area contributed by atoms with Crippen LogP contribution in [0.25, 0.3) is 0 Å². The van der Waals surface area contributed by atoms with E-state index in [0.717, 1.165) is 12.3 Å². The summed E-state index contributed by atoms with van der Waals surface area (Å²) in [6.07, 6.45) is 0. The van der Waals surface area contributed by atoms with Crippen molar-refractivity contribution < 1.29 is 4.79 Å². The van der Waals surface area contributed by atoms with Crippen molar-refractivity contribution in [3.8, 4) is 0 Å². The topological polar surface area (TPSA) is 41.1 Å². The summed E-state index contributed by atoms with van der Waals surface area (Å²) in [5.41, 5.74) is 0. The predicted molar refractivity (Wildman–Crippen MR) is 82.5 cm³/mol. The van der Waals surface area contributed by atoms with Gasteiger partial charge in [-0.2, -0.15) is 0 Å². The molecule has 0 heterocycles. The Hall–Kier alpha value is -1.00. The van der Waals surface area contributed by atoms with Crippen molar-refractivity contribution in [2.45, 2.75) is 31.7 Å². The number of benzene rings is 1. The number of hydrogen-bond acceptors (Lipinski definition) is 3. The number of hydrogen-bond donors (Lipinski definition) is 2. The molecule has 0 aliphatic rings. The van der Waals surface area contributed by atoms with E-state index < -0.39 is 0 Å². The summed E-state index contributed by atoms with van der Waals surface area (Å²) in [6, 6.07) is 10.5. The third-order valence-corrected chi connectivity index (χ3v) is 3.98. The van der Waals surface area contributed by atoms with Crippen molar-refractivity contribution in [3.05, 3.63) is 30.3 Å². The van der Waals surface area contributed by atoms with Crippen LogP contribution in [-0.2, 0) is 4.79 Å². The highest BCUT2D eigenvalue weighted by molar-refractivity contribution is 7.99. The number of nitrogens with one attached hydrogen (secondary N) is 2. The SMILES string of the molecule is CC(C)C(C)NC(=O)CNCCSc1ccccc1. The summed E-state index contributed by atoms with van der Waals surface area (Å²) in [7, 11) is 0. The average Bonchev–Trinajstić information content (AvgIpc) is 2.39. The van der Waals surface area contributed by atoms with Crippen molar-refractivity contribution in [1.29, 1.82) is 0 Å². The molecule has 0 bridgehead atoms. The molecule has 0 radical (unpaired) electrons. The molecular formula is C15H24N2OS. The highest BCUT2D eigenvalue weighted by atomic mass is 32.2. The molecule has 4 heteroatoms. The Morgan fingerprint density at radius 1 is 1.21 bits per heavy atom. The molecule has 0 aromatic heterocycles. The highest BCUT2D eigenvalue weighted by Gasteiger charge is 2.09. The van der Waals surface area contributed by atoms with Gasteiger partial charge in [-0.15, -0.1) is 11.8 Å². The van der Waals surface area contributed by atoms with Gasteiger partial charge in [-0.3, -0.25) is 4.79 Å². The standard InChI is InChI=1S/C15H24N2OS/c1-12(2)13(3)17-15(18)11-16-9-10-19-14-7-5-4-6-8-14/h4-8,12-13,16H,9-11H2,1-3H3,(H,17,18). The van der Waals surface area contributed by atoms with Crippen LogP contribution in [0.15, 0.2) is 35.2 Å². The lowest BCUT2D eigenvalue weighted by Gasteiger charge is -2.17. The van der Waals surface area contributed by atoms with Gasteiger partial charge in [-0.1, -0.05) is 32.0 Å². The van der Waals surface area contributed by atoms with E-state index >= 15 is 0 Å². The zero-order valence-corrected chi connectivity index (χ0v) is 12.8. The molecule has 2 N–H and O–H groups in total. The largest absolute Gasteiger partial charge is 0.352 e. The predicted octanol–water partition coefficient (Wildman–Crippen LogP) is 2.53. The molecule has 1 unspecified atom stereocenters. The number of thioether (sulfide) groups is 1. The fourth-order valence-corrected chi connectivity index (χ4v) is 2.26. The summed E-state index contributed by atoms with van der Waals surface area (Å²) in [5.74, 6) is 1.51. The molecule has 106 valence electrons. The smallest absolute Gasteiger partial charge is 0.234 e. The Kier molecular flexibility index (Phi) is 7.60. The van der Waals surface area contributed by atoms with E-state index in [1.165, 1.54) is 4.90 Å². The second-order valence-corrected chi connectivity index (χ2v) is 6.11. The van der Waals surface area contributed by atoms with Gasteiger partial charge in [-0.25, -0.2) is 0 Å². The molecule has 0 spiro atoms. The number of rotatable bonds is 8. The van der Waals surface area contributed by atoms with Crippen LogP contribution in [0.3, 0.4) is 0 Å². The van der Waals surface area contributed by atoms with Crippen LogP contribution in [0.5, 0.6) is 0 Å². The second kappa shape index (κ2) is 8.99. The van der Waals surface area contributed by atoms with Crippen LogP contribution in [0.1, 0.15) is 20.8 Å². The average molecular weight is 280 g/mol. The molecular weight excluding hydrogens is 256 g/mol. The fraction of sp³-hybridized carbons (Fsp3) is 0.533. The zero-order chi connectivity index (χ0) is 14.1. The van der Waals surface area contributed by atoms with Crippen molar-refractivity contribution in [2.75, 3.05) is 18.8 Å². The Bertz CT molecular complexity index is 368. The fourth-order valence-electron chi connectivity index (χ4n) is 1.43. The van der Waals surface area contributed by atoms with Gasteiger partial charge in [0.05, 0.1) is 6.54 Å². The van der Waals surface area contributed by atoms with Crippen LogP contribution >= 0.6 is 11.8 Å². The van der Waals surface area contributed by atoms with Crippen LogP contribution in [0.2, 0.25) is 0 Å². The van der Waals surface area contributed by atoms with Crippen LogP contribution < -0.4 is 10.6 Å². The van der Waals surface area contributed by atoms with Gasteiger partial charge in [0.15, 0.2) is 0 Å². The van der Waals surface area contributed by atoms with Crippen molar-refractivity contribution >= 4 is 17.7 Å². The molecule has 1 amide bonds. The van der Waals surface area contributed by atoms with Gasteiger partial charge < -0.3 is 10.6 Å². The zero-order valence-electron chi connectivity index (χ0n) is 12.0.